The topological polar surface area (TPSA) is 70.8 Å². The van der Waals surface area contributed by atoms with Gasteiger partial charge in [-0.1, -0.05) is 0 Å². The molecular weight excluding hydrogens is 377 g/mol. The van der Waals surface area contributed by atoms with E-state index in [1.54, 1.807) is 22.6 Å². The number of nitrogens with zero attached hydrogens (tertiary/aromatic N) is 2. The summed E-state index contributed by atoms with van der Waals surface area (Å²) in [5.74, 6) is 0. The summed E-state index contributed by atoms with van der Waals surface area (Å²) >= 11 is 1.60. The van der Waals surface area contributed by atoms with Gasteiger partial charge in [-0.15, -0.1) is 0 Å². The molecule has 0 amide bonds. The summed E-state index contributed by atoms with van der Waals surface area (Å²) in [4.78, 5) is 2.45. The van der Waals surface area contributed by atoms with Gasteiger partial charge in [-0.05, 0) is 28.7 Å². The van der Waals surface area contributed by atoms with Gasteiger partial charge in [-0.25, -0.2) is 22.2 Å². The summed E-state index contributed by atoms with van der Waals surface area (Å²) in [7, 11) is 0.555. The Bertz CT molecular complexity index is 570. The van der Waals surface area contributed by atoms with Crippen LogP contribution in [0.15, 0.2) is 11.0 Å². The maximum atomic E-state index is 12.6. The lowest BCUT2D eigenvalue weighted by atomic mass is 10.2. The molecule has 0 fully saturated rings. The van der Waals surface area contributed by atoms with Crippen LogP contribution in [0.5, 0.6) is 0 Å². The second-order valence-corrected chi connectivity index (χ2v) is 6.17. The van der Waals surface area contributed by atoms with Crippen LogP contribution >= 0.6 is 33.3 Å². The Balaban J connectivity index is 3.74. The van der Waals surface area contributed by atoms with Crippen molar-refractivity contribution in [2.75, 3.05) is 0 Å². The predicted octanol–water partition coefficient (Wildman–Crippen LogP) is 2.42. The van der Waals surface area contributed by atoms with Gasteiger partial charge in [0, 0.05) is 10.7 Å². The number of pyridine rings is 1. The third-order valence-corrected chi connectivity index (χ3v) is 3.47. The van der Waals surface area contributed by atoms with Crippen molar-refractivity contribution in [2.24, 2.45) is 0 Å². The van der Waals surface area contributed by atoms with Crippen LogP contribution in [0, 0.1) is 15.0 Å². The van der Waals surface area contributed by atoms with Crippen molar-refractivity contribution in [1.29, 1.82) is 5.26 Å². The molecule has 0 unspecified atom stereocenters. The van der Waals surface area contributed by atoms with Crippen molar-refractivity contribution >= 4 is 42.3 Å². The minimum absolute atomic E-state index is 0.0912. The lowest BCUT2D eigenvalue weighted by Gasteiger charge is -2.07. The first-order chi connectivity index (χ1) is 7.27. The van der Waals surface area contributed by atoms with Crippen molar-refractivity contribution in [3.05, 3.63) is 21.0 Å². The molecule has 1 aromatic heterocycles. The molecule has 0 saturated heterocycles. The maximum absolute atomic E-state index is 12.6. The van der Waals surface area contributed by atoms with E-state index in [2.05, 4.69) is 4.98 Å². The lowest BCUT2D eigenvalue weighted by molar-refractivity contribution is 0.142. The average molecular weight is 379 g/mol. The number of alkyl halides is 2. The van der Waals surface area contributed by atoms with E-state index in [0.717, 1.165) is 6.07 Å². The Morgan fingerprint density at radius 3 is 2.50 bits per heavy atom. The number of nitriles is 1. The number of hydrogen-bond donors (Lipinski definition) is 0. The minimum Gasteiger partial charge on any atom is -0.239 e. The Morgan fingerprint density at radius 2 is 2.12 bits per heavy atom. The van der Waals surface area contributed by atoms with Gasteiger partial charge < -0.3 is 0 Å². The van der Waals surface area contributed by atoms with Gasteiger partial charge in [-0.3, -0.25) is 0 Å². The summed E-state index contributed by atoms with van der Waals surface area (Å²) in [5.41, 5.74) is -1.44. The molecule has 0 bridgehead atoms. The van der Waals surface area contributed by atoms with Gasteiger partial charge in [0.15, 0.2) is 0 Å². The highest BCUT2D eigenvalue weighted by Gasteiger charge is 2.27. The molecule has 0 atom stereocenters. The third-order valence-electron chi connectivity index (χ3n) is 1.54. The van der Waals surface area contributed by atoms with E-state index in [9.17, 15) is 17.2 Å². The van der Waals surface area contributed by atoms with E-state index in [1.165, 1.54) is 6.07 Å². The molecule has 1 aromatic rings. The molecule has 0 radical (unpaired) electrons. The van der Waals surface area contributed by atoms with Crippen LogP contribution < -0.4 is 0 Å². The predicted molar refractivity (Wildman–Crippen MR) is 59.7 cm³/mol. The van der Waals surface area contributed by atoms with Crippen LogP contribution in [0.25, 0.3) is 0 Å². The fraction of sp³-hybridized carbons (Fsp3) is 0.143. The van der Waals surface area contributed by atoms with Crippen LogP contribution in [-0.4, -0.2) is 13.4 Å². The van der Waals surface area contributed by atoms with Crippen molar-refractivity contribution in [3.8, 4) is 6.07 Å². The highest BCUT2D eigenvalue weighted by molar-refractivity contribution is 14.1. The molecule has 0 spiro atoms. The summed E-state index contributed by atoms with van der Waals surface area (Å²) < 4.78 is 47.4. The quantitative estimate of drug-likeness (QED) is 0.450. The minimum atomic E-state index is -4.43. The number of halogens is 4. The van der Waals surface area contributed by atoms with Crippen LogP contribution in [0.1, 0.15) is 17.7 Å². The van der Waals surface area contributed by atoms with Crippen LogP contribution in [0.4, 0.5) is 8.78 Å². The van der Waals surface area contributed by atoms with E-state index >= 15 is 0 Å². The van der Waals surface area contributed by atoms with E-state index in [0.29, 0.717) is 0 Å². The molecule has 0 aliphatic heterocycles. The molecule has 1 rings (SSSR count). The van der Waals surface area contributed by atoms with Gasteiger partial charge in [0.1, 0.15) is 20.4 Å². The third kappa shape index (κ3) is 2.78. The number of rotatable bonds is 2. The standard InChI is InChI=1S/C7H2ClF2IN2O2S/c8-16(14,15)6-3(2-12)1-4(11)13-5(6)7(9)10/h1,7H. The fourth-order valence-corrected chi connectivity index (χ4v) is 2.82. The van der Waals surface area contributed by atoms with Crippen LogP contribution in [0.3, 0.4) is 0 Å². The first kappa shape index (κ1) is 13.5. The first-order valence-electron chi connectivity index (χ1n) is 3.60. The fourth-order valence-electron chi connectivity index (χ4n) is 1.01. The highest BCUT2D eigenvalue weighted by Crippen LogP contribution is 2.30. The second kappa shape index (κ2) is 4.77. The molecule has 1 heterocycles. The summed E-state index contributed by atoms with van der Waals surface area (Å²) in [6, 6.07) is 2.57. The molecule has 0 aliphatic carbocycles. The normalized spacial score (nSPS) is 11.5. The molecule has 0 aliphatic rings. The highest BCUT2D eigenvalue weighted by atomic mass is 127. The maximum Gasteiger partial charge on any atom is 0.281 e. The number of aromatic nitrogens is 1. The van der Waals surface area contributed by atoms with Crippen molar-refractivity contribution < 1.29 is 17.2 Å². The molecule has 0 N–H and O–H groups in total. The van der Waals surface area contributed by atoms with Crippen LogP contribution in [-0.2, 0) is 9.05 Å². The zero-order chi connectivity index (χ0) is 12.5. The van der Waals surface area contributed by atoms with Gasteiger partial charge in [0.05, 0.1) is 5.56 Å². The SMILES string of the molecule is N#Cc1cc(I)nc(C(F)F)c1S(=O)(=O)Cl. The van der Waals surface area contributed by atoms with Gasteiger partial charge in [0.25, 0.3) is 15.5 Å². The van der Waals surface area contributed by atoms with E-state index in [4.69, 9.17) is 15.9 Å². The summed E-state index contributed by atoms with van der Waals surface area (Å²) in [6.45, 7) is 0. The molecule has 86 valence electrons. The Labute approximate surface area is 108 Å². The van der Waals surface area contributed by atoms with Crippen LogP contribution in [0.2, 0.25) is 0 Å². The Hall–Kier alpha value is -0.530. The summed E-state index contributed by atoms with van der Waals surface area (Å²) in [5, 5.41) is 8.66. The molecular formula is C7H2ClF2IN2O2S. The zero-order valence-electron chi connectivity index (χ0n) is 7.29. The zero-order valence-corrected chi connectivity index (χ0v) is 11.0. The van der Waals surface area contributed by atoms with Crippen molar-refractivity contribution in [2.45, 2.75) is 11.3 Å². The Morgan fingerprint density at radius 1 is 1.56 bits per heavy atom. The number of hydrogen-bond acceptors (Lipinski definition) is 4. The average Bonchev–Trinajstić information content (AvgIpc) is 2.14. The Kier molecular flexibility index (Phi) is 4.03. The first-order valence-corrected chi connectivity index (χ1v) is 6.99. The van der Waals surface area contributed by atoms with Crippen molar-refractivity contribution in [3.63, 3.8) is 0 Å². The van der Waals surface area contributed by atoms with Gasteiger partial charge in [-0.2, -0.15) is 5.26 Å². The van der Waals surface area contributed by atoms with Gasteiger partial charge in [0.2, 0.25) is 0 Å². The molecule has 0 aromatic carbocycles. The second-order valence-electron chi connectivity index (χ2n) is 2.56. The van der Waals surface area contributed by atoms with E-state index in [-0.39, 0.29) is 3.70 Å². The summed E-state index contributed by atoms with van der Waals surface area (Å²) in [6.07, 6.45) is -3.12. The molecule has 4 nitrogen and oxygen atoms in total. The monoisotopic (exact) mass is 378 g/mol. The lowest BCUT2D eigenvalue weighted by Crippen LogP contribution is -2.06. The molecule has 0 saturated carbocycles. The smallest absolute Gasteiger partial charge is 0.239 e. The van der Waals surface area contributed by atoms with E-state index in [1.807, 2.05) is 0 Å². The van der Waals surface area contributed by atoms with Gasteiger partial charge >= 0.3 is 0 Å². The van der Waals surface area contributed by atoms with E-state index < -0.39 is 31.6 Å². The van der Waals surface area contributed by atoms with Crippen molar-refractivity contribution in [1.82, 2.24) is 4.98 Å². The molecule has 9 heteroatoms. The molecule has 16 heavy (non-hydrogen) atoms. The largest absolute Gasteiger partial charge is 0.281 e.